The molecule has 1 fully saturated rings. The molecule has 0 aliphatic carbocycles. The van der Waals surface area contributed by atoms with Crippen LogP contribution < -0.4 is 5.32 Å². The van der Waals surface area contributed by atoms with Gasteiger partial charge in [-0.3, -0.25) is 9.69 Å². The zero-order valence-corrected chi connectivity index (χ0v) is 16.7. The topological polar surface area (TPSA) is 63.1 Å². The summed E-state index contributed by atoms with van der Waals surface area (Å²) in [6, 6.07) is 16.6. The minimum atomic E-state index is -0.193. The van der Waals surface area contributed by atoms with Crippen LogP contribution in [-0.2, 0) is 26.1 Å². The van der Waals surface area contributed by atoms with Gasteiger partial charge in [0.2, 0.25) is 5.82 Å². The highest BCUT2D eigenvalue weighted by Gasteiger charge is 2.39. The number of carbonyl (C=O) groups excluding carboxylic acids is 1. The van der Waals surface area contributed by atoms with Gasteiger partial charge in [-0.15, -0.1) is 10.2 Å². The van der Waals surface area contributed by atoms with Gasteiger partial charge in [0.05, 0.1) is 0 Å². The Morgan fingerprint density at radius 3 is 2.63 bits per heavy atom. The fourth-order valence-corrected chi connectivity index (χ4v) is 4.67. The van der Waals surface area contributed by atoms with Crippen molar-refractivity contribution in [1.82, 2.24) is 25.0 Å². The number of amides is 1. The maximum Gasteiger partial charge on any atom is 0.289 e. The van der Waals surface area contributed by atoms with Crippen molar-refractivity contribution in [1.29, 1.82) is 0 Å². The number of fused-ring (bicyclic) bond motifs is 2. The standard InChI is InChI=1S/C23H24FN5O/c24-20-8-4-7-17(9-20)12-28-13-18-10-21-26-27-22(29(21)15-19(18)14-28)23(30)25-11-16-5-2-1-3-6-16/h1-9,18-19H,10-15H2,(H,25,30). The Morgan fingerprint density at radius 2 is 1.80 bits per heavy atom. The third-order valence-corrected chi connectivity index (χ3v) is 6.14. The highest BCUT2D eigenvalue weighted by atomic mass is 19.1. The highest BCUT2D eigenvalue weighted by Crippen LogP contribution is 2.33. The maximum absolute atomic E-state index is 13.5. The molecule has 6 nitrogen and oxygen atoms in total. The first-order chi connectivity index (χ1) is 14.7. The number of aromatic nitrogens is 3. The number of likely N-dealkylation sites (tertiary alicyclic amines) is 1. The Bertz CT molecular complexity index is 1050. The van der Waals surface area contributed by atoms with Gasteiger partial charge >= 0.3 is 0 Å². The van der Waals surface area contributed by atoms with Crippen LogP contribution in [0.5, 0.6) is 0 Å². The molecular formula is C23H24FN5O. The van der Waals surface area contributed by atoms with Gasteiger partial charge < -0.3 is 9.88 Å². The van der Waals surface area contributed by atoms with E-state index < -0.39 is 0 Å². The van der Waals surface area contributed by atoms with E-state index in [1.54, 1.807) is 12.1 Å². The Hall–Kier alpha value is -3.06. The first-order valence-electron chi connectivity index (χ1n) is 10.4. The Labute approximate surface area is 174 Å². The molecule has 5 rings (SSSR count). The van der Waals surface area contributed by atoms with Crippen molar-refractivity contribution in [2.24, 2.45) is 11.8 Å². The first kappa shape index (κ1) is 18.9. The number of nitrogens with zero attached hydrogens (tertiary/aromatic N) is 4. The van der Waals surface area contributed by atoms with E-state index in [9.17, 15) is 9.18 Å². The van der Waals surface area contributed by atoms with Gasteiger partial charge in [-0.05, 0) is 35.1 Å². The summed E-state index contributed by atoms with van der Waals surface area (Å²) >= 11 is 0. The summed E-state index contributed by atoms with van der Waals surface area (Å²) < 4.78 is 15.5. The molecule has 1 N–H and O–H groups in total. The van der Waals surface area contributed by atoms with Crippen molar-refractivity contribution >= 4 is 5.91 Å². The molecule has 1 amide bonds. The van der Waals surface area contributed by atoms with Crippen molar-refractivity contribution in [2.75, 3.05) is 13.1 Å². The Balaban J connectivity index is 1.24. The van der Waals surface area contributed by atoms with Crippen LogP contribution in [0.25, 0.3) is 0 Å². The van der Waals surface area contributed by atoms with Gasteiger partial charge in [0.1, 0.15) is 11.6 Å². The lowest BCUT2D eigenvalue weighted by Crippen LogP contribution is -2.32. The third kappa shape index (κ3) is 3.85. The SMILES string of the molecule is O=C(NCc1ccccc1)c1nnc2n1CC1CN(Cc3cccc(F)c3)CC1C2. The van der Waals surface area contributed by atoms with Gasteiger partial charge in [0.15, 0.2) is 0 Å². The van der Waals surface area contributed by atoms with Crippen LogP contribution in [0.4, 0.5) is 4.39 Å². The quantitative estimate of drug-likeness (QED) is 0.709. The predicted molar refractivity (Wildman–Crippen MR) is 110 cm³/mol. The molecule has 3 aromatic rings. The van der Waals surface area contributed by atoms with Crippen LogP contribution in [0.2, 0.25) is 0 Å². The first-order valence-corrected chi connectivity index (χ1v) is 10.4. The second-order valence-electron chi connectivity index (χ2n) is 8.27. The molecule has 0 bridgehead atoms. The van der Waals surface area contributed by atoms with E-state index in [-0.39, 0.29) is 11.7 Å². The third-order valence-electron chi connectivity index (χ3n) is 6.14. The highest BCUT2D eigenvalue weighted by molar-refractivity contribution is 5.90. The van der Waals surface area contributed by atoms with E-state index in [0.717, 1.165) is 49.6 Å². The molecule has 2 aliphatic heterocycles. The molecule has 1 saturated heterocycles. The summed E-state index contributed by atoms with van der Waals surface area (Å²) in [6.07, 6.45) is 0.823. The normalized spacial score (nSPS) is 20.6. The minimum absolute atomic E-state index is 0.189. The smallest absolute Gasteiger partial charge is 0.289 e. The average Bonchev–Trinajstić information content (AvgIpc) is 3.33. The van der Waals surface area contributed by atoms with E-state index >= 15 is 0 Å². The second-order valence-corrected chi connectivity index (χ2v) is 8.27. The van der Waals surface area contributed by atoms with Crippen LogP contribution in [0.1, 0.15) is 27.6 Å². The lowest BCUT2D eigenvalue weighted by atomic mass is 9.89. The van der Waals surface area contributed by atoms with Crippen molar-refractivity contribution in [2.45, 2.75) is 26.1 Å². The molecule has 3 heterocycles. The van der Waals surface area contributed by atoms with Gasteiger partial charge in [-0.2, -0.15) is 0 Å². The lowest BCUT2D eigenvalue weighted by molar-refractivity contribution is 0.0932. The van der Waals surface area contributed by atoms with E-state index in [4.69, 9.17) is 0 Å². The summed E-state index contributed by atoms with van der Waals surface area (Å²) in [5.74, 6) is 1.84. The summed E-state index contributed by atoms with van der Waals surface area (Å²) in [5.41, 5.74) is 2.04. The van der Waals surface area contributed by atoms with Gasteiger partial charge in [0.25, 0.3) is 5.91 Å². The number of hydrogen-bond donors (Lipinski definition) is 1. The Morgan fingerprint density at radius 1 is 1.00 bits per heavy atom. The minimum Gasteiger partial charge on any atom is -0.345 e. The van der Waals surface area contributed by atoms with Crippen LogP contribution in [0.15, 0.2) is 54.6 Å². The van der Waals surface area contributed by atoms with Crippen molar-refractivity contribution < 1.29 is 9.18 Å². The van der Waals surface area contributed by atoms with E-state index in [2.05, 4.69) is 20.4 Å². The monoisotopic (exact) mass is 405 g/mol. The molecule has 1 aromatic heterocycles. The second kappa shape index (κ2) is 7.99. The fourth-order valence-electron chi connectivity index (χ4n) is 4.67. The molecule has 30 heavy (non-hydrogen) atoms. The van der Waals surface area contributed by atoms with Crippen LogP contribution in [0.3, 0.4) is 0 Å². The predicted octanol–water partition coefficient (Wildman–Crippen LogP) is 2.65. The van der Waals surface area contributed by atoms with Crippen LogP contribution in [0, 0.1) is 17.7 Å². The van der Waals surface area contributed by atoms with Crippen molar-refractivity contribution in [3.8, 4) is 0 Å². The van der Waals surface area contributed by atoms with E-state index in [1.807, 2.05) is 41.0 Å². The molecule has 2 aliphatic rings. The molecule has 154 valence electrons. The molecule has 2 atom stereocenters. The zero-order valence-electron chi connectivity index (χ0n) is 16.7. The summed E-state index contributed by atoms with van der Waals surface area (Å²) in [6.45, 7) is 3.86. The van der Waals surface area contributed by atoms with Crippen molar-refractivity contribution in [3.63, 3.8) is 0 Å². The van der Waals surface area contributed by atoms with E-state index in [1.165, 1.54) is 6.07 Å². The molecule has 2 unspecified atom stereocenters. The number of nitrogens with one attached hydrogen (secondary N) is 1. The molecule has 0 saturated carbocycles. The largest absolute Gasteiger partial charge is 0.345 e. The van der Waals surface area contributed by atoms with E-state index in [0.29, 0.717) is 24.2 Å². The molecule has 0 radical (unpaired) electrons. The molecule has 0 spiro atoms. The number of halogens is 1. The van der Waals surface area contributed by atoms with Gasteiger partial charge in [-0.25, -0.2) is 4.39 Å². The summed E-state index contributed by atoms with van der Waals surface area (Å²) in [7, 11) is 0. The van der Waals surface area contributed by atoms with Crippen LogP contribution in [-0.4, -0.2) is 38.7 Å². The lowest BCUT2D eigenvalue weighted by Gasteiger charge is -2.25. The number of benzene rings is 2. The molecular weight excluding hydrogens is 381 g/mol. The maximum atomic E-state index is 13.5. The van der Waals surface area contributed by atoms with Gasteiger partial charge in [-0.1, -0.05) is 42.5 Å². The van der Waals surface area contributed by atoms with Crippen molar-refractivity contribution in [3.05, 3.63) is 83.2 Å². The average molecular weight is 405 g/mol. The number of rotatable bonds is 5. The Kier molecular flexibility index (Phi) is 5.04. The molecule has 2 aromatic carbocycles. The van der Waals surface area contributed by atoms with Crippen LogP contribution >= 0.6 is 0 Å². The summed E-state index contributed by atoms with van der Waals surface area (Å²) in [5, 5.41) is 11.4. The van der Waals surface area contributed by atoms with Gasteiger partial charge in [0, 0.05) is 39.1 Å². The molecule has 7 heteroatoms. The number of hydrogen-bond acceptors (Lipinski definition) is 4. The number of carbonyl (C=O) groups is 1. The zero-order chi connectivity index (χ0) is 20.5. The fraction of sp³-hybridized carbons (Fsp3) is 0.348. The summed E-state index contributed by atoms with van der Waals surface area (Å²) in [4.78, 5) is 15.1.